The van der Waals surface area contributed by atoms with Gasteiger partial charge in [0.15, 0.2) is 11.5 Å². The predicted octanol–water partition coefficient (Wildman–Crippen LogP) is 4.25. The first-order valence-electron chi connectivity index (χ1n) is 13.6. The lowest BCUT2D eigenvalue weighted by molar-refractivity contribution is -0.159. The molecule has 44 heavy (non-hydrogen) atoms. The molecule has 11 nitrogen and oxygen atoms in total. The molecule has 1 aliphatic heterocycles. The lowest BCUT2D eigenvalue weighted by Gasteiger charge is -2.28. The minimum atomic E-state index is -4.71. The third-order valence-electron chi connectivity index (χ3n) is 6.27. The van der Waals surface area contributed by atoms with Crippen LogP contribution in [0.2, 0.25) is 0 Å². The number of rotatable bonds is 11. The van der Waals surface area contributed by atoms with Gasteiger partial charge in [-0.3, -0.25) is 9.59 Å². The number of carbonyl (C=O) groups is 3. The average Bonchev–Trinajstić information content (AvgIpc) is 3.38. The van der Waals surface area contributed by atoms with Crippen LogP contribution in [0.4, 0.5) is 0 Å². The van der Waals surface area contributed by atoms with E-state index in [1.807, 2.05) is 12.1 Å². The summed E-state index contributed by atoms with van der Waals surface area (Å²) in [6.07, 6.45) is 0.603. The highest BCUT2D eigenvalue weighted by atomic mass is 32.2. The van der Waals surface area contributed by atoms with Crippen LogP contribution in [0.25, 0.3) is 0 Å². The van der Waals surface area contributed by atoms with Crippen LogP contribution in [-0.4, -0.2) is 51.7 Å². The number of hydrogen-bond donors (Lipinski definition) is 1. The molecule has 1 N–H and O–H groups in total. The highest BCUT2D eigenvalue weighted by molar-refractivity contribution is 7.89. The molecule has 0 amide bonds. The standard InChI is InChI=1S/C32H33NO10S/c1-6-17-40-30(36)24(19-28(34)43-31(2,3)4)33-44(37,38)27-20-26-25(18-23(27)29(35)39-5)41-32(42-26,21-13-9-7-10-14-21)22-15-11-8-12-16-22/h6-16,18,20,24,33H,1,17,19H2,2-5H3/t24-/m0/s1. The summed E-state index contributed by atoms with van der Waals surface area (Å²) in [5, 5.41) is 0. The number of sulfonamides is 1. The fourth-order valence-electron chi connectivity index (χ4n) is 4.46. The normalized spacial score (nSPS) is 14.3. The van der Waals surface area contributed by atoms with Gasteiger partial charge in [-0.25, -0.2) is 13.2 Å². The zero-order chi connectivity index (χ0) is 32.1. The van der Waals surface area contributed by atoms with Crippen molar-refractivity contribution in [3.05, 3.63) is 102 Å². The van der Waals surface area contributed by atoms with E-state index in [-0.39, 0.29) is 18.1 Å². The molecular formula is C32H33NO10S. The Balaban J connectivity index is 1.78. The Hall–Kier alpha value is -4.68. The molecular weight excluding hydrogens is 590 g/mol. The topological polar surface area (TPSA) is 144 Å². The summed E-state index contributed by atoms with van der Waals surface area (Å²) in [7, 11) is -3.62. The number of benzene rings is 3. The van der Waals surface area contributed by atoms with Gasteiger partial charge in [0.05, 0.1) is 19.1 Å². The summed E-state index contributed by atoms with van der Waals surface area (Å²) in [6.45, 7) is 8.11. The van der Waals surface area contributed by atoms with Crippen LogP contribution in [0.1, 0.15) is 48.7 Å². The van der Waals surface area contributed by atoms with Crippen molar-refractivity contribution in [3.63, 3.8) is 0 Å². The monoisotopic (exact) mass is 623 g/mol. The number of carbonyl (C=O) groups excluding carboxylic acids is 3. The van der Waals surface area contributed by atoms with E-state index in [4.69, 9.17) is 23.7 Å². The fourth-order valence-corrected chi connectivity index (χ4v) is 5.83. The molecule has 1 heterocycles. The maximum atomic E-state index is 13.8. The Bertz CT molecular complexity index is 1610. The van der Waals surface area contributed by atoms with Crippen molar-refractivity contribution in [1.29, 1.82) is 0 Å². The van der Waals surface area contributed by atoms with E-state index >= 15 is 0 Å². The van der Waals surface area contributed by atoms with Crippen molar-refractivity contribution in [3.8, 4) is 11.5 Å². The van der Waals surface area contributed by atoms with Gasteiger partial charge < -0.3 is 23.7 Å². The quantitative estimate of drug-likeness (QED) is 0.187. The number of esters is 3. The summed E-state index contributed by atoms with van der Waals surface area (Å²) in [6, 6.07) is 18.6. The summed E-state index contributed by atoms with van der Waals surface area (Å²) < 4.78 is 57.7. The van der Waals surface area contributed by atoms with Gasteiger partial charge in [0.25, 0.3) is 0 Å². The molecule has 0 aromatic heterocycles. The SMILES string of the molecule is C=CCOC(=O)[C@H](CC(=O)OC(C)(C)C)NS(=O)(=O)c1cc2c(cc1C(=O)OC)OC(c1ccccc1)(c1ccccc1)O2. The molecule has 0 saturated carbocycles. The maximum Gasteiger partial charge on any atom is 0.339 e. The lowest BCUT2D eigenvalue weighted by atomic mass is 9.97. The van der Waals surface area contributed by atoms with E-state index in [9.17, 15) is 22.8 Å². The van der Waals surface area contributed by atoms with E-state index in [2.05, 4.69) is 11.3 Å². The van der Waals surface area contributed by atoms with Crippen molar-refractivity contribution in [2.75, 3.05) is 13.7 Å². The number of nitrogens with one attached hydrogen (secondary N) is 1. The van der Waals surface area contributed by atoms with Crippen molar-refractivity contribution in [2.24, 2.45) is 0 Å². The average molecular weight is 624 g/mol. The maximum absolute atomic E-state index is 13.8. The third-order valence-corrected chi connectivity index (χ3v) is 7.78. The summed E-state index contributed by atoms with van der Waals surface area (Å²) in [5.74, 6) is -4.33. The number of methoxy groups -OCH3 is 1. The Morgan fingerprint density at radius 2 is 1.50 bits per heavy atom. The highest BCUT2D eigenvalue weighted by Crippen LogP contribution is 2.49. The third kappa shape index (κ3) is 7.09. The lowest BCUT2D eigenvalue weighted by Crippen LogP contribution is -2.44. The first kappa shape index (κ1) is 32.2. The highest BCUT2D eigenvalue weighted by Gasteiger charge is 2.47. The van der Waals surface area contributed by atoms with Gasteiger partial charge in [0, 0.05) is 23.3 Å². The molecule has 3 aromatic carbocycles. The van der Waals surface area contributed by atoms with Crippen LogP contribution in [0.15, 0.2) is 90.3 Å². The molecule has 0 radical (unpaired) electrons. The Morgan fingerprint density at radius 3 is 2.00 bits per heavy atom. The van der Waals surface area contributed by atoms with Crippen LogP contribution in [0, 0.1) is 0 Å². The molecule has 232 valence electrons. The van der Waals surface area contributed by atoms with Crippen molar-refractivity contribution in [1.82, 2.24) is 4.72 Å². The second-order valence-electron chi connectivity index (χ2n) is 10.7. The smallest absolute Gasteiger partial charge is 0.339 e. The van der Waals surface area contributed by atoms with Crippen LogP contribution < -0.4 is 14.2 Å². The zero-order valence-corrected chi connectivity index (χ0v) is 25.5. The molecule has 0 bridgehead atoms. The van der Waals surface area contributed by atoms with E-state index < -0.39 is 62.2 Å². The van der Waals surface area contributed by atoms with Gasteiger partial charge >= 0.3 is 23.7 Å². The molecule has 0 unspecified atom stereocenters. The van der Waals surface area contributed by atoms with Crippen molar-refractivity contribution in [2.45, 2.75) is 49.5 Å². The number of ether oxygens (including phenoxy) is 5. The molecule has 12 heteroatoms. The Labute approximate surface area is 255 Å². The minimum absolute atomic E-state index is 0.00339. The molecule has 0 spiro atoms. The second-order valence-corrected chi connectivity index (χ2v) is 12.4. The van der Waals surface area contributed by atoms with Gasteiger partial charge in [-0.1, -0.05) is 73.3 Å². The van der Waals surface area contributed by atoms with Crippen molar-refractivity contribution < 1.29 is 46.5 Å². The fraction of sp³-hybridized carbons (Fsp3) is 0.281. The molecule has 0 fully saturated rings. The Morgan fingerprint density at radius 1 is 0.955 bits per heavy atom. The van der Waals surface area contributed by atoms with E-state index in [1.165, 1.54) is 12.1 Å². The molecule has 3 aromatic rings. The van der Waals surface area contributed by atoms with E-state index in [1.54, 1.807) is 69.3 Å². The molecule has 4 rings (SSSR count). The summed E-state index contributed by atoms with van der Waals surface area (Å²) >= 11 is 0. The van der Waals surface area contributed by atoms with Gasteiger partial charge in [0.1, 0.15) is 23.1 Å². The second kappa shape index (κ2) is 12.9. The van der Waals surface area contributed by atoms with E-state index in [0.29, 0.717) is 11.1 Å². The van der Waals surface area contributed by atoms with Crippen LogP contribution in [0.5, 0.6) is 11.5 Å². The molecule has 0 saturated heterocycles. The molecule has 0 aliphatic carbocycles. The van der Waals surface area contributed by atoms with Gasteiger partial charge in [-0.05, 0) is 20.8 Å². The molecule has 1 aliphatic rings. The number of fused-ring (bicyclic) bond motifs is 1. The summed E-state index contributed by atoms with van der Waals surface area (Å²) in [4.78, 5) is 37.7. The van der Waals surface area contributed by atoms with Crippen LogP contribution in [-0.2, 0) is 39.6 Å². The first-order valence-corrected chi connectivity index (χ1v) is 15.0. The predicted molar refractivity (Wildman–Crippen MR) is 158 cm³/mol. The zero-order valence-electron chi connectivity index (χ0n) is 24.7. The van der Waals surface area contributed by atoms with Crippen LogP contribution in [0.3, 0.4) is 0 Å². The van der Waals surface area contributed by atoms with E-state index in [0.717, 1.165) is 13.2 Å². The minimum Gasteiger partial charge on any atom is -0.465 e. The van der Waals surface area contributed by atoms with Gasteiger partial charge in [0.2, 0.25) is 10.0 Å². The van der Waals surface area contributed by atoms with Crippen molar-refractivity contribution >= 4 is 27.9 Å². The Kier molecular flexibility index (Phi) is 9.45. The van der Waals surface area contributed by atoms with Gasteiger partial charge in [-0.15, -0.1) is 0 Å². The van der Waals surface area contributed by atoms with Gasteiger partial charge in [-0.2, -0.15) is 4.72 Å². The summed E-state index contributed by atoms with van der Waals surface area (Å²) in [5.41, 5.74) is -0.0844. The largest absolute Gasteiger partial charge is 0.465 e. The number of hydrogen-bond acceptors (Lipinski definition) is 10. The molecule has 1 atom stereocenters. The van der Waals surface area contributed by atoms with Crippen LogP contribution >= 0.6 is 0 Å². The first-order chi connectivity index (χ1) is 20.8.